The van der Waals surface area contributed by atoms with Crippen molar-refractivity contribution >= 4 is 17.3 Å². The Morgan fingerprint density at radius 3 is 2.57 bits per heavy atom. The van der Waals surface area contributed by atoms with Crippen LogP contribution in [0.4, 0.5) is 5.69 Å². The van der Waals surface area contributed by atoms with Gasteiger partial charge in [-0.15, -0.1) is 0 Å². The highest BCUT2D eigenvalue weighted by Gasteiger charge is 1.89. The minimum atomic E-state index is 0.331. The predicted molar refractivity (Wildman–Crippen MR) is 28.1 cm³/mol. The first kappa shape index (κ1) is 4.53. The summed E-state index contributed by atoms with van der Waals surface area (Å²) in [6.07, 6.45) is 1.39. The van der Waals surface area contributed by atoms with Crippen LogP contribution in [-0.4, -0.2) is 0 Å². The van der Waals surface area contributed by atoms with Crippen molar-refractivity contribution < 1.29 is 4.42 Å². The van der Waals surface area contributed by atoms with Crippen LogP contribution in [-0.2, 0) is 0 Å². The standard InChI is InChI=1S/C4H4ClNO/c5-4-1-3(6)2-7-4/h1-2H,6H2. The van der Waals surface area contributed by atoms with Crippen LogP contribution < -0.4 is 5.73 Å². The quantitative estimate of drug-likeness (QED) is 0.560. The molecule has 0 aromatic carbocycles. The second kappa shape index (κ2) is 1.46. The Balaban J connectivity index is 3.04. The molecule has 1 heterocycles. The lowest BCUT2D eigenvalue weighted by atomic mass is 10.6. The van der Waals surface area contributed by atoms with Crippen LogP contribution in [0.1, 0.15) is 0 Å². The number of rotatable bonds is 0. The van der Waals surface area contributed by atoms with Gasteiger partial charge in [0.1, 0.15) is 6.26 Å². The van der Waals surface area contributed by atoms with E-state index in [0.29, 0.717) is 10.9 Å². The van der Waals surface area contributed by atoms with Gasteiger partial charge in [-0.05, 0) is 11.6 Å². The Bertz CT molecular complexity index is 144. The molecule has 0 spiro atoms. The number of nitrogen functional groups attached to an aromatic ring is 1. The molecule has 0 aliphatic carbocycles. The van der Waals surface area contributed by atoms with E-state index in [1.54, 1.807) is 6.07 Å². The second-order valence-corrected chi connectivity index (χ2v) is 1.56. The minimum Gasteiger partial charge on any atom is -0.451 e. The van der Waals surface area contributed by atoms with Gasteiger partial charge in [0, 0.05) is 6.07 Å². The average Bonchev–Trinajstić information content (AvgIpc) is 1.87. The monoisotopic (exact) mass is 117 g/mol. The fraction of sp³-hybridized carbons (Fsp3) is 0. The summed E-state index contributed by atoms with van der Waals surface area (Å²) in [6.45, 7) is 0. The van der Waals surface area contributed by atoms with Gasteiger partial charge in [0.15, 0.2) is 5.22 Å². The molecule has 0 saturated carbocycles. The summed E-state index contributed by atoms with van der Waals surface area (Å²) in [5.74, 6) is 0. The molecule has 3 heteroatoms. The molecule has 0 saturated heterocycles. The summed E-state index contributed by atoms with van der Waals surface area (Å²) in [5, 5.41) is 0.331. The Hall–Kier alpha value is -0.630. The molecule has 1 rings (SSSR count). The SMILES string of the molecule is Nc1coc(Cl)c1. The first-order chi connectivity index (χ1) is 3.29. The largest absolute Gasteiger partial charge is 0.451 e. The summed E-state index contributed by atoms with van der Waals surface area (Å²) < 4.78 is 4.60. The number of hydrogen-bond donors (Lipinski definition) is 1. The van der Waals surface area contributed by atoms with E-state index < -0.39 is 0 Å². The molecule has 1 aromatic heterocycles. The molecule has 0 unspecified atom stereocenters. The zero-order chi connectivity index (χ0) is 5.28. The molecular formula is C4H4ClNO. The zero-order valence-corrected chi connectivity index (χ0v) is 4.27. The Labute approximate surface area is 45.9 Å². The summed E-state index contributed by atoms with van der Waals surface area (Å²) >= 11 is 5.31. The first-order valence-corrected chi connectivity index (χ1v) is 2.16. The highest BCUT2D eigenvalue weighted by Crippen LogP contribution is 2.13. The molecule has 2 nitrogen and oxygen atoms in total. The molecule has 0 bridgehead atoms. The maximum atomic E-state index is 5.31. The maximum Gasteiger partial charge on any atom is 0.195 e. The number of anilines is 1. The smallest absolute Gasteiger partial charge is 0.195 e. The molecule has 0 radical (unpaired) electrons. The third-order valence-electron chi connectivity index (χ3n) is 0.588. The van der Waals surface area contributed by atoms with E-state index in [-0.39, 0.29) is 0 Å². The van der Waals surface area contributed by atoms with Crippen LogP contribution in [0.25, 0.3) is 0 Å². The normalized spacial score (nSPS) is 9.29. The molecule has 7 heavy (non-hydrogen) atoms. The molecule has 0 atom stereocenters. The summed E-state index contributed by atoms with van der Waals surface area (Å²) in [5.41, 5.74) is 5.76. The van der Waals surface area contributed by atoms with Crippen molar-refractivity contribution in [2.45, 2.75) is 0 Å². The topological polar surface area (TPSA) is 39.2 Å². The van der Waals surface area contributed by atoms with Crippen molar-refractivity contribution in [2.75, 3.05) is 5.73 Å². The third-order valence-corrected chi connectivity index (χ3v) is 0.786. The van der Waals surface area contributed by atoms with E-state index in [1.165, 1.54) is 6.26 Å². The highest BCUT2D eigenvalue weighted by atomic mass is 35.5. The van der Waals surface area contributed by atoms with Crippen molar-refractivity contribution in [3.63, 3.8) is 0 Å². The van der Waals surface area contributed by atoms with Crippen molar-refractivity contribution in [3.8, 4) is 0 Å². The predicted octanol–water partition coefficient (Wildman–Crippen LogP) is 1.52. The van der Waals surface area contributed by atoms with Gasteiger partial charge in [0.05, 0.1) is 5.69 Å². The average molecular weight is 118 g/mol. The van der Waals surface area contributed by atoms with Gasteiger partial charge in [0.2, 0.25) is 0 Å². The molecule has 0 amide bonds. The molecule has 0 aliphatic rings. The molecule has 38 valence electrons. The van der Waals surface area contributed by atoms with Gasteiger partial charge in [-0.25, -0.2) is 0 Å². The van der Waals surface area contributed by atoms with Crippen LogP contribution in [0, 0.1) is 0 Å². The van der Waals surface area contributed by atoms with E-state index in [0.717, 1.165) is 0 Å². The van der Waals surface area contributed by atoms with Crippen molar-refractivity contribution in [3.05, 3.63) is 17.5 Å². The Kier molecular flexibility index (Phi) is 0.947. The lowest BCUT2D eigenvalue weighted by Crippen LogP contribution is -1.74. The first-order valence-electron chi connectivity index (χ1n) is 1.78. The lowest BCUT2D eigenvalue weighted by Gasteiger charge is -1.67. The lowest BCUT2D eigenvalue weighted by molar-refractivity contribution is 0.570. The van der Waals surface area contributed by atoms with Gasteiger partial charge in [0.25, 0.3) is 0 Å². The minimum absolute atomic E-state index is 0.331. The fourth-order valence-corrected chi connectivity index (χ4v) is 0.494. The number of hydrogen-bond acceptors (Lipinski definition) is 2. The van der Waals surface area contributed by atoms with E-state index in [2.05, 4.69) is 4.42 Å². The van der Waals surface area contributed by atoms with E-state index in [1.807, 2.05) is 0 Å². The van der Waals surface area contributed by atoms with Crippen LogP contribution in [0.2, 0.25) is 5.22 Å². The van der Waals surface area contributed by atoms with E-state index >= 15 is 0 Å². The highest BCUT2D eigenvalue weighted by molar-refractivity contribution is 6.29. The molecular weight excluding hydrogens is 114 g/mol. The number of halogens is 1. The molecule has 0 fully saturated rings. The third kappa shape index (κ3) is 0.871. The van der Waals surface area contributed by atoms with Crippen LogP contribution >= 0.6 is 11.6 Å². The summed E-state index contributed by atoms with van der Waals surface area (Å²) in [7, 11) is 0. The van der Waals surface area contributed by atoms with Crippen molar-refractivity contribution in [1.82, 2.24) is 0 Å². The Morgan fingerprint density at radius 2 is 2.43 bits per heavy atom. The summed E-state index contributed by atoms with van der Waals surface area (Å²) in [6, 6.07) is 1.54. The van der Waals surface area contributed by atoms with Gasteiger partial charge < -0.3 is 10.2 Å². The summed E-state index contributed by atoms with van der Waals surface area (Å²) in [4.78, 5) is 0. The van der Waals surface area contributed by atoms with Gasteiger partial charge in [-0.1, -0.05) is 0 Å². The van der Waals surface area contributed by atoms with Crippen LogP contribution in [0.15, 0.2) is 16.7 Å². The maximum absolute atomic E-state index is 5.31. The number of nitrogens with two attached hydrogens (primary N) is 1. The van der Waals surface area contributed by atoms with Gasteiger partial charge >= 0.3 is 0 Å². The number of furan rings is 1. The van der Waals surface area contributed by atoms with E-state index in [4.69, 9.17) is 17.3 Å². The van der Waals surface area contributed by atoms with Gasteiger partial charge in [-0.2, -0.15) is 0 Å². The van der Waals surface area contributed by atoms with Crippen molar-refractivity contribution in [2.24, 2.45) is 0 Å². The van der Waals surface area contributed by atoms with Crippen LogP contribution in [0.3, 0.4) is 0 Å². The zero-order valence-electron chi connectivity index (χ0n) is 3.52. The molecule has 0 aliphatic heterocycles. The molecule has 2 N–H and O–H groups in total. The fourth-order valence-electron chi connectivity index (χ4n) is 0.323. The molecule has 1 aromatic rings. The second-order valence-electron chi connectivity index (χ2n) is 1.18. The van der Waals surface area contributed by atoms with Crippen molar-refractivity contribution in [1.29, 1.82) is 0 Å². The van der Waals surface area contributed by atoms with Gasteiger partial charge in [-0.3, -0.25) is 0 Å². The van der Waals surface area contributed by atoms with Crippen LogP contribution in [0.5, 0.6) is 0 Å². The van der Waals surface area contributed by atoms with E-state index in [9.17, 15) is 0 Å². The Morgan fingerprint density at radius 1 is 1.71 bits per heavy atom.